The molecule has 1 aromatic carbocycles. The van der Waals surface area contributed by atoms with Gasteiger partial charge in [0.1, 0.15) is 11.6 Å². The first kappa shape index (κ1) is 18.7. The number of carbonyl (C=O) groups excluding carboxylic acids is 1. The summed E-state index contributed by atoms with van der Waals surface area (Å²) < 4.78 is 44.0. The van der Waals surface area contributed by atoms with Crippen LogP contribution in [0.1, 0.15) is 19.8 Å². The number of benzene rings is 1. The van der Waals surface area contributed by atoms with Crippen LogP contribution in [0.25, 0.3) is 0 Å². The van der Waals surface area contributed by atoms with E-state index in [4.69, 9.17) is 4.74 Å². The largest absolute Gasteiger partial charge is 0.484 e. The molecule has 0 saturated carbocycles. The summed E-state index contributed by atoms with van der Waals surface area (Å²) in [5, 5.41) is 0. The van der Waals surface area contributed by atoms with E-state index in [1.807, 2.05) is 6.92 Å². The summed E-state index contributed by atoms with van der Waals surface area (Å²) in [6, 6.07) is 5.32. The highest BCUT2D eigenvalue weighted by Gasteiger charge is 2.36. The molecule has 0 aromatic heterocycles. The predicted octanol–water partition coefficient (Wildman–Crippen LogP) is 1.38. The van der Waals surface area contributed by atoms with Crippen LogP contribution >= 0.6 is 0 Å². The standard InChI is InChI=1S/C16H23FN2O4S/c1-3-5-12-9-19(10-15(12)18-24(2,21)22)16(20)11-23-14-7-4-6-13(17)8-14/h4,6-8,12,15,18H,3,5,9-11H2,1-2H3/t12-,15-/m1/s1. The lowest BCUT2D eigenvalue weighted by Gasteiger charge is -2.17. The van der Waals surface area contributed by atoms with E-state index in [0.717, 1.165) is 19.1 Å². The molecule has 0 radical (unpaired) electrons. The van der Waals surface area contributed by atoms with E-state index in [-0.39, 0.29) is 24.5 Å². The zero-order chi connectivity index (χ0) is 17.7. The molecule has 24 heavy (non-hydrogen) atoms. The van der Waals surface area contributed by atoms with E-state index < -0.39 is 15.8 Å². The number of halogens is 1. The van der Waals surface area contributed by atoms with Crippen LogP contribution in [-0.4, -0.2) is 51.2 Å². The molecule has 1 heterocycles. The Hall–Kier alpha value is -1.67. The minimum absolute atomic E-state index is 0.0860. The van der Waals surface area contributed by atoms with Crippen LogP contribution in [0.4, 0.5) is 4.39 Å². The van der Waals surface area contributed by atoms with Crippen molar-refractivity contribution >= 4 is 15.9 Å². The maximum atomic E-state index is 13.1. The van der Waals surface area contributed by atoms with Crippen molar-refractivity contribution in [1.29, 1.82) is 0 Å². The SMILES string of the molecule is CCC[C@@H]1CN(C(=O)COc2cccc(F)c2)C[C@H]1NS(C)(=O)=O. The highest BCUT2D eigenvalue weighted by atomic mass is 32.2. The summed E-state index contributed by atoms with van der Waals surface area (Å²) in [5.41, 5.74) is 0. The summed E-state index contributed by atoms with van der Waals surface area (Å²) in [4.78, 5) is 13.9. The Balaban J connectivity index is 1.94. The monoisotopic (exact) mass is 358 g/mol. The maximum Gasteiger partial charge on any atom is 0.260 e. The molecule has 0 bridgehead atoms. The van der Waals surface area contributed by atoms with Crippen molar-refractivity contribution in [2.24, 2.45) is 5.92 Å². The van der Waals surface area contributed by atoms with Gasteiger partial charge >= 0.3 is 0 Å². The fraction of sp³-hybridized carbons (Fsp3) is 0.562. The molecule has 0 aliphatic carbocycles. The lowest BCUT2D eigenvalue weighted by atomic mass is 9.99. The van der Waals surface area contributed by atoms with Crippen LogP contribution in [0.15, 0.2) is 24.3 Å². The van der Waals surface area contributed by atoms with Crippen molar-refractivity contribution in [3.63, 3.8) is 0 Å². The molecule has 1 fully saturated rings. The second kappa shape index (κ2) is 7.94. The van der Waals surface area contributed by atoms with Gasteiger partial charge in [0.15, 0.2) is 6.61 Å². The van der Waals surface area contributed by atoms with Crippen molar-refractivity contribution in [3.05, 3.63) is 30.1 Å². The van der Waals surface area contributed by atoms with Crippen molar-refractivity contribution in [1.82, 2.24) is 9.62 Å². The normalized spacial score (nSPS) is 21.0. The third-order valence-electron chi connectivity index (χ3n) is 3.98. The van der Waals surface area contributed by atoms with Gasteiger partial charge in [-0.2, -0.15) is 0 Å². The number of rotatable bonds is 7. The number of nitrogens with zero attached hydrogens (tertiary/aromatic N) is 1. The molecule has 8 heteroatoms. The van der Waals surface area contributed by atoms with Crippen LogP contribution in [0.2, 0.25) is 0 Å². The molecule has 1 amide bonds. The van der Waals surface area contributed by atoms with Gasteiger partial charge < -0.3 is 9.64 Å². The molecule has 6 nitrogen and oxygen atoms in total. The van der Waals surface area contributed by atoms with Crippen molar-refractivity contribution < 1.29 is 22.3 Å². The smallest absolute Gasteiger partial charge is 0.260 e. The Kier molecular flexibility index (Phi) is 6.17. The lowest BCUT2D eigenvalue weighted by Crippen LogP contribution is -2.41. The molecule has 1 aliphatic rings. The highest BCUT2D eigenvalue weighted by Crippen LogP contribution is 2.23. The number of likely N-dealkylation sites (tertiary alicyclic amines) is 1. The van der Waals surface area contributed by atoms with Gasteiger partial charge in [-0.25, -0.2) is 17.5 Å². The van der Waals surface area contributed by atoms with Crippen LogP contribution in [0, 0.1) is 11.7 Å². The number of hydrogen-bond donors (Lipinski definition) is 1. The predicted molar refractivity (Wildman–Crippen MR) is 88.6 cm³/mol. The Bertz CT molecular complexity index is 680. The van der Waals surface area contributed by atoms with Crippen LogP contribution in [-0.2, 0) is 14.8 Å². The van der Waals surface area contributed by atoms with Gasteiger partial charge in [0, 0.05) is 25.2 Å². The Labute approximate surface area is 142 Å². The molecule has 0 spiro atoms. The van der Waals surface area contributed by atoms with Crippen molar-refractivity contribution in [2.45, 2.75) is 25.8 Å². The maximum absolute atomic E-state index is 13.1. The number of amides is 1. The van der Waals surface area contributed by atoms with Gasteiger partial charge in [-0.3, -0.25) is 4.79 Å². The van der Waals surface area contributed by atoms with E-state index in [2.05, 4.69) is 4.72 Å². The molecular weight excluding hydrogens is 335 g/mol. The molecule has 134 valence electrons. The molecular formula is C16H23FN2O4S. The number of sulfonamides is 1. The topological polar surface area (TPSA) is 75.7 Å². The number of nitrogens with one attached hydrogen (secondary N) is 1. The van der Waals surface area contributed by atoms with E-state index in [1.165, 1.54) is 18.2 Å². The third kappa shape index (κ3) is 5.45. The Morgan fingerprint density at radius 2 is 2.17 bits per heavy atom. The minimum Gasteiger partial charge on any atom is -0.484 e. The molecule has 1 saturated heterocycles. The van der Waals surface area contributed by atoms with Crippen LogP contribution < -0.4 is 9.46 Å². The molecule has 0 unspecified atom stereocenters. The Morgan fingerprint density at radius 1 is 1.42 bits per heavy atom. The fourth-order valence-corrected chi connectivity index (χ4v) is 3.76. The van der Waals surface area contributed by atoms with Crippen molar-refractivity contribution in [2.75, 3.05) is 26.0 Å². The second-order valence-corrected chi connectivity index (χ2v) is 7.87. The van der Waals surface area contributed by atoms with E-state index >= 15 is 0 Å². The quantitative estimate of drug-likeness (QED) is 0.799. The molecule has 2 atom stereocenters. The minimum atomic E-state index is -3.33. The summed E-state index contributed by atoms with van der Waals surface area (Å²) in [6.45, 7) is 2.64. The van der Waals surface area contributed by atoms with Gasteiger partial charge in [0.2, 0.25) is 10.0 Å². The third-order valence-corrected chi connectivity index (χ3v) is 4.71. The number of ether oxygens (including phenoxy) is 1. The van der Waals surface area contributed by atoms with Crippen LogP contribution in [0.5, 0.6) is 5.75 Å². The first-order valence-electron chi connectivity index (χ1n) is 7.92. The van der Waals surface area contributed by atoms with Gasteiger partial charge in [-0.1, -0.05) is 19.4 Å². The summed E-state index contributed by atoms with van der Waals surface area (Å²) in [7, 11) is -3.33. The van der Waals surface area contributed by atoms with E-state index in [1.54, 1.807) is 11.0 Å². The highest BCUT2D eigenvalue weighted by molar-refractivity contribution is 7.88. The Morgan fingerprint density at radius 3 is 2.79 bits per heavy atom. The number of carbonyl (C=O) groups is 1. The zero-order valence-corrected chi connectivity index (χ0v) is 14.7. The van der Waals surface area contributed by atoms with Gasteiger partial charge in [-0.05, 0) is 24.5 Å². The number of hydrogen-bond acceptors (Lipinski definition) is 4. The average molecular weight is 358 g/mol. The van der Waals surface area contributed by atoms with Gasteiger partial charge in [-0.15, -0.1) is 0 Å². The fourth-order valence-electron chi connectivity index (χ4n) is 2.94. The lowest BCUT2D eigenvalue weighted by molar-refractivity contribution is -0.132. The molecule has 1 N–H and O–H groups in total. The van der Waals surface area contributed by atoms with Crippen LogP contribution in [0.3, 0.4) is 0 Å². The second-order valence-electron chi connectivity index (χ2n) is 6.09. The average Bonchev–Trinajstić information content (AvgIpc) is 2.86. The van der Waals surface area contributed by atoms with E-state index in [0.29, 0.717) is 18.8 Å². The summed E-state index contributed by atoms with van der Waals surface area (Å²) in [5.74, 6) is -0.291. The molecule has 1 aliphatic heterocycles. The van der Waals surface area contributed by atoms with Crippen molar-refractivity contribution in [3.8, 4) is 5.75 Å². The first-order chi connectivity index (χ1) is 11.3. The summed E-state index contributed by atoms with van der Waals surface area (Å²) >= 11 is 0. The molecule has 1 aromatic rings. The first-order valence-corrected chi connectivity index (χ1v) is 9.81. The molecule has 2 rings (SSSR count). The zero-order valence-electron chi connectivity index (χ0n) is 13.9. The van der Waals surface area contributed by atoms with Gasteiger partial charge in [0.25, 0.3) is 5.91 Å². The summed E-state index contributed by atoms with van der Waals surface area (Å²) in [6.07, 6.45) is 2.86. The van der Waals surface area contributed by atoms with E-state index in [9.17, 15) is 17.6 Å². The van der Waals surface area contributed by atoms with Gasteiger partial charge in [0.05, 0.1) is 6.26 Å².